The van der Waals surface area contributed by atoms with Crippen LogP contribution in [-0.4, -0.2) is 30.6 Å². The monoisotopic (exact) mass is 326 g/mol. The zero-order valence-electron chi connectivity index (χ0n) is 13.3. The summed E-state index contributed by atoms with van der Waals surface area (Å²) in [5.74, 6) is 0. The molecule has 2 aromatic carbocycles. The van der Waals surface area contributed by atoms with Crippen molar-refractivity contribution in [3.63, 3.8) is 0 Å². The van der Waals surface area contributed by atoms with E-state index in [2.05, 4.69) is 52.7 Å². The number of hydrogen-bond acceptors (Lipinski definition) is 2. The molecule has 3 atom stereocenters. The predicted octanol–water partition coefficient (Wildman–Crippen LogP) is 3.85. The van der Waals surface area contributed by atoms with Crippen LogP contribution in [0.15, 0.2) is 54.6 Å². The van der Waals surface area contributed by atoms with Crippen LogP contribution in [0.2, 0.25) is 5.02 Å². The van der Waals surface area contributed by atoms with Crippen molar-refractivity contribution < 1.29 is 0 Å². The number of hydrogen-bond donors (Lipinski definition) is 1. The van der Waals surface area contributed by atoms with Crippen LogP contribution in [0.25, 0.3) is 0 Å². The second kappa shape index (κ2) is 6.27. The predicted molar refractivity (Wildman–Crippen MR) is 95.9 cm³/mol. The van der Waals surface area contributed by atoms with E-state index in [0.29, 0.717) is 11.5 Å². The molecular weight excluding hydrogens is 304 g/mol. The van der Waals surface area contributed by atoms with Gasteiger partial charge in [-0.25, -0.2) is 0 Å². The Bertz CT molecular complexity index is 655. The highest BCUT2D eigenvalue weighted by Gasteiger charge is 2.49. The van der Waals surface area contributed by atoms with Crippen molar-refractivity contribution in [3.8, 4) is 0 Å². The van der Waals surface area contributed by atoms with E-state index in [1.54, 1.807) is 0 Å². The van der Waals surface area contributed by atoms with Gasteiger partial charge < -0.3 is 5.32 Å². The third kappa shape index (κ3) is 3.03. The van der Waals surface area contributed by atoms with E-state index < -0.39 is 0 Å². The zero-order valence-corrected chi connectivity index (χ0v) is 14.1. The Morgan fingerprint density at radius 3 is 2.65 bits per heavy atom. The van der Waals surface area contributed by atoms with Crippen molar-refractivity contribution in [3.05, 3.63) is 70.7 Å². The molecule has 0 spiro atoms. The van der Waals surface area contributed by atoms with E-state index in [9.17, 15) is 0 Å². The maximum Gasteiger partial charge on any atom is 0.0406 e. The molecule has 1 N–H and O–H groups in total. The average molecular weight is 327 g/mol. The van der Waals surface area contributed by atoms with Gasteiger partial charge in [0.2, 0.25) is 0 Å². The summed E-state index contributed by atoms with van der Waals surface area (Å²) >= 11 is 5.94. The highest BCUT2D eigenvalue weighted by atomic mass is 35.5. The standard InChI is InChI=1S/C20H23ClN2/c21-18-8-6-16(7-9-18)13-22-14-19-12-20(10-11-23(19)15-20)17-4-2-1-3-5-17/h1-9,19,22H,10-15H2/t19-,20-/m0/s1. The Balaban J connectivity index is 1.36. The number of fused-ring (bicyclic) bond motifs is 2. The van der Waals surface area contributed by atoms with E-state index in [0.717, 1.165) is 18.1 Å². The van der Waals surface area contributed by atoms with Crippen LogP contribution in [0.1, 0.15) is 24.0 Å². The molecule has 0 saturated carbocycles. The molecule has 0 aromatic heterocycles. The Kier molecular flexibility index (Phi) is 4.14. The first-order valence-electron chi connectivity index (χ1n) is 8.50. The minimum Gasteiger partial charge on any atom is -0.311 e. The van der Waals surface area contributed by atoms with Crippen molar-refractivity contribution in [2.45, 2.75) is 30.8 Å². The first-order valence-corrected chi connectivity index (χ1v) is 8.88. The van der Waals surface area contributed by atoms with Gasteiger partial charge in [0.05, 0.1) is 0 Å². The first-order chi connectivity index (χ1) is 11.3. The second-order valence-electron chi connectivity index (χ2n) is 6.98. The topological polar surface area (TPSA) is 15.3 Å². The summed E-state index contributed by atoms with van der Waals surface area (Å²) in [4.78, 5) is 2.67. The van der Waals surface area contributed by atoms with Gasteiger partial charge in [0.15, 0.2) is 0 Å². The Morgan fingerprint density at radius 2 is 1.87 bits per heavy atom. The fourth-order valence-electron chi connectivity index (χ4n) is 4.29. The van der Waals surface area contributed by atoms with Crippen molar-refractivity contribution in [1.29, 1.82) is 0 Å². The van der Waals surface area contributed by atoms with E-state index in [-0.39, 0.29) is 0 Å². The molecule has 2 bridgehead atoms. The fourth-order valence-corrected chi connectivity index (χ4v) is 4.42. The number of nitrogens with one attached hydrogen (secondary N) is 1. The van der Waals surface area contributed by atoms with Gasteiger partial charge in [-0.1, -0.05) is 54.1 Å². The fraction of sp³-hybridized carbons (Fsp3) is 0.400. The largest absolute Gasteiger partial charge is 0.311 e. The molecule has 2 aromatic rings. The van der Waals surface area contributed by atoms with Crippen LogP contribution < -0.4 is 5.32 Å². The smallest absolute Gasteiger partial charge is 0.0406 e. The lowest BCUT2D eigenvalue weighted by molar-refractivity contribution is 0.250. The van der Waals surface area contributed by atoms with Crippen LogP contribution in [0, 0.1) is 0 Å². The molecule has 0 radical (unpaired) electrons. The van der Waals surface area contributed by atoms with E-state index in [1.165, 1.54) is 37.1 Å². The van der Waals surface area contributed by atoms with E-state index in [4.69, 9.17) is 11.6 Å². The van der Waals surface area contributed by atoms with Gasteiger partial charge in [-0.2, -0.15) is 0 Å². The molecule has 1 unspecified atom stereocenters. The zero-order chi connectivity index (χ0) is 15.7. The average Bonchev–Trinajstić information content (AvgIpc) is 3.17. The minimum atomic E-state index is 0.397. The number of halogens is 1. The lowest BCUT2D eigenvalue weighted by Crippen LogP contribution is -2.39. The third-order valence-corrected chi connectivity index (χ3v) is 5.79. The minimum absolute atomic E-state index is 0.397. The molecule has 3 heteroatoms. The highest BCUT2D eigenvalue weighted by molar-refractivity contribution is 6.30. The molecular formula is C20H23ClN2. The third-order valence-electron chi connectivity index (χ3n) is 5.53. The van der Waals surface area contributed by atoms with Crippen LogP contribution in [0.3, 0.4) is 0 Å². The molecule has 23 heavy (non-hydrogen) atoms. The molecule has 2 saturated heterocycles. The normalized spacial score (nSPS) is 29.1. The van der Waals surface area contributed by atoms with Crippen LogP contribution in [-0.2, 0) is 12.0 Å². The Morgan fingerprint density at radius 1 is 1.09 bits per heavy atom. The summed E-state index contributed by atoms with van der Waals surface area (Å²) in [6.45, 7) is 4.45. The van der Waals surface area contributed by atoms with E-state index in [1.807, 2.05) is 12.1 Å². The summed E-state index contributed by atoms with van der Waals surface area (Å²) in [6.07, 6.45) is 2.59. The van der Waals surface area contributed by atoms with Gasteiger partial charge >= 0.3 is 0 Å². The number of piperidine rings is 1. The molecule has 0 amide bonds. The van der Waals surface area contributed by atoms with Gasteiger partial charge in [-0.15, -0.1) is 0 Å². The maximum absolute atomic E-state index is 5.94. The summed E-state index contributed by atoms with van der Waals surface area (Å²) in [7, 11) is 0. The molecule has 2 aliphatic heterocycles. The Hall–Kier alpha value is -1.35. The van der Waals surface area contributed by atoms with Crippen LogP contribution in [0.5, 0.6) is 0 Å². The quantitative estimate of drug-likeness (QED) is 0.898. The SMILES string of the molecule is Clc1ccc(CNC[C@@H]2C[C@@]3(c4ccccc4)CCN2C3)cc1. The maximum atomic E-state index is 5.94. The molecule has 2 aliphatic rings. The second-order valence-corrected chi connectivity index (χ2v) is 7.42. The van der Waals surface area contributed by atoms with Crippen molar-refractivity contribution >= 4 is 11.6 Å². The van der Waals surface area contributed by atoms with Gasteiger partial charge in [0.25, 0.3) is 0 Å². The summed E-state index contributed by atoms with van der Waals surface area (Å²) < 4.78 is 0. The van der Waals surface area contributed by atoms with Crippen LogP contribution in [0.4, 0.5) is 0 Å². The molecule has 2 heterocycles. The van der Waals surface area contributed by atoms with Gasteiger partial charge in [0, 0.05) is 36.1 Å². The number of benzene rings is 2. The molecule has 4 rings (SSSR count). The Labute approximate surface area is 143 Å². The van der Waals surface area contributed by atoms with Gasteiger partial charge in [-0.3, -0.25) is 4.90 Å². The highest BCUT2D eigenvalue weighted by Crippen LogP contribution is 2.46. The molecule has 2 nitrogen and oxygen atoms in total. The first kappa shape index (κ1) is 15.2. The van der Waals surface area contributed by atoms with Gasteiger partial charge in [0.1, 0.15) is 0 Å². The molecule has 120 valence electrons. The summed E-state index contributed by atoms with van der Waals surface area (Å²) in [6, 6.07) is 19.9. The van der Waals surface area contributed by atoms with E-state index >= 15 is 0 Å². The molecule has 2 fully saturated rings. The summed E-state index contributed by atoms with van der Waals surface area (Å²) in [5.41, 5.74) is 3.22. The lowest BCUT2D eigenvalue weighted by Gasteiger charge is -2.30. The van der Waals surface area contributed by atoms with Crippen molar-refractivity contribution in [2.75, 3.05) is 19.6 Å². The van der Waals surface area contributed by atoms with Crippen molar-refractivity contribution in [1.82, 2.24) is 10.2 Å². The number of nitrogens with zero attached hydrogens (tertiary/aromatic N) is 1. The van der Waals surface area contributed by atoms with Crippen LogP contribution >= 0.6 is 11.6 Å². The number of rotatable bonds is 5. The molecule has 0 aliphatic carbocycles. The van der Waals surface area contributed by atoms with Crippen molar-refractivity contribution in [2.24, 2.45) is 0 Å². The summed E-state index contributed by atoms with van der Waals surface area (Å²) in [5, 5.41) is 4.44. The van der Waals surface area contributed by atoms with Gasteiger partial charge in [-0.05, 0) is 42.6 Å². The lowest BCUT2D eigenvalue weighted by atomic mass is 9.76.